The number of hydrogen-bond donors (Lipinski definition) is 1. The Morgan fingerprint density at radius 1 is 1.08 bits per heavy atom. The van der Waals surface area contributed by atoms with Gasteiger partial charge in [0, 0.05) is 37.6 Å². The Morgan fingerprint density at radius 2 is 1.92 bits per heavy atom. The number of aromatic nitrogens is 3. The standard InChI is InChI=1S/C20H25N5/c1-24(14-15-25-12-5-2-6-13-25)18-10-4-3-8-16(18)19-22-17-9-7-11-21-20(17)23-19/h3-4,7-11H,2,5-6,12-15H2,1H3,(H,21,22,23). The Hall–Kier alpha value is -2.40. The van der Waals surface area contributed by atoms with Crippen LogP contribution in [-0.2, 0) is 0 Å². The summed E-state index contributed by atoms with van der Waals surface area (Å²) in [6, 6.07) is 12.4. The van der Waals surface area contributed by atoms with Crippen LogP contribution in [-0.4, -0.2) is 53.1 Å². The Bertz CT molecular complexity index is 802. The summed E-state index contributed by atoms with van der Waals surface area (Å²) in [4.78, 5) is 17.3. The van der Waals surface area contributed by atoms with Crippen molar-refractivity contribution in [1.82, 2.24) is 19.9 Å². The minimum absolute atomic E-state index is 0.767. The van der Waals surface area contributed by atoms with E-state index in [1.54, 1.807) is 6.20 Å². The highest BCUT2D eigenvalue weighted by Crippen LogP contribution is 2.29. The molecule has 3 aromatic rings. The van der Waals surface area contributed by atoms with Crippen LogP contribution in [0.25, 0.3) is 22.6 Å². The van der Waals surface area contributed by atoms with Gasteiger partial charge in [-0.05, 0) is 50.2 Å². The molecule has 0 unspecified atom stereocenters. The van der Waals surface area contributed by atoms with Crippen LogP contribution in [0.2, 0.25) is 0 Å². The van der Waals surface area contributed by atoms with Crippen molar-refractivity contribution in [1.29, 1.82) is 0 Å². The Balaban J connectivity index is 1.55. The van der Waals surface area contributed by atoms with Crippen molar-refractivity contribution in [3.05, 3.63) is 42.6 Å². The van der Waals surface area contributed by atoms with Gasteiger partial charge < -0.3 is 14.8 Å². The number of aromatic amines is 1. The van der Waals surface area contributed by atoms with Crippen LogP contribution in [0.15, 0.2) is 42.6 Å². The lowest BCUT2D eigenvalue weighted by Crippen LogP contribution is -2.36. The Morgan fingerprint density at radius 3 is 2.76 bits per heavy atom. The number of likely N-dealkylation sites (tertiary alicyclic amines) is 1. The van der Waals surface area contributed by atoms with Crippen molar-refractivity contribution in [3.63, 3.8) is 0 Å². The van der Waals surface area contributed by atoms with Crippen molar-refractivity contribution >= 4 is 16.9 Å². The summed E-state index contributed by atoms with van der Waals surface area (Å²) in [6.45, 7) is 4.62. The van der Waals surface area contributed by atoms with Crippen LogP contribution < -0.4 is 4.90 Å². The monoisotopic (exact) mass is 335 g/mol. The number of nitrogens with zero attached hydrogens (tertiary/aromatic N) is 4. The molecule has 5 nitrogen and oxygen atoms in total. The first-order valence-corrected chi connectivity index (χ1v) is 9.15. The minimum Gasteiger partial charge on any atom is -0.373 e. The lowest BCUT2D eigenvalue weighted by atomic mass is 10.1. The fourth-order valence-corrected chi connectivity index (χ4v) is 3.57. The second-order valence-electron chi connectivity index (χ2n) is 6.80. The fourth-order valence-electron chi connectivity index (χ4n) is 3.57. The van der Waals surface area contributed by atoms with Gasteiger partial charge in [-0.1, -0.05) is 18.6 Å². The number of nitrogens with one attached hydrogen (secondary N) is 1. The molecule has 0 radical (unpaired) electrons. The molecule has 3 heterocycles. The van der Waals surface area contributed by atoms with E-state index in [2.05, 4.69) is 56.1 Å². The normalized spacial score (nSPS) is 15.6. The first-order valence-electron chi connectivity index (χ1n) is 9.15. The maximum absolute atomic E-state index is 4.67. The smallest absolute Gasteiger partial charge is 0.178 e. The van der Waals surface area contributed by atoms with Gasteiger partial charge in [-0.2, -0.15) is 0 Å². The van der Waals surface area contributed by atoms with Gasteiger partial charge in [-0.25, -0.2) is 9.97 Å². The van der Waals surface area contributed by atoms with Crippen LogP contribution in [0.1, 0.15) is 19.3 Å². The van der Waals surface area contributed by atoms with E-state index in [1.165, 1.54) is 38.0 Å². The van der Waals surface area contributed by atoms with Gasteiger partial charge >= 0.3 is 0 Å². The summed E-state index contributed by atoms with van der Waals surface area (Å²) >= 11 is 0. The number of pyridine rings is 1. The molecule has 25 heavy (non-hydrogen) atoms. The van der Waals surface area contributed by atoms with Crippen molar-refractivity contribution in [2.24, 2.45) is 0 Å². The number of piperidine rings is 1. The second kappa shape index (κ2) is 7.23. The molecule has 0 bridgehead atoms. The summed E-state index contributed by atoms with van der Waals surface area (Å²) in [6.07, 6.45) is 5.84. The van der Waals surface area contributed by atoms with Crippen LogP contribution in [0, 0.1) is 0 Å². The molecule has 1 aliphatic heterocycles. The molecule has 130 valence electrons. The molecular weight excluding hydrogens is 310 g/mol. The van der Waals surface area contributed by atoms with Crippen LogP contribution in [0.3, 0.4) is 0 Å². The van der Waals surface area contributed by atoms with Crippen molar-refractivity contribution in [3.8, 4) is 11.4 Å². The summed E-state index contributed by atoms with van der Waals surface area (Å²) in [7, 11) is 2.17. The SMILES string of the molecule is CN(CCN1CCCCC1)c1ccccc1-c1nc2ncccc2[nH]1. The summed E-state index contributed by atoms with van der Waals surface area (Å²) < 4.78 is 0. The molecule has 0 saturated carbocycles. The molecule has 0 aliphatic carbocycles. The van der Waals surface area contributed by atoms with Crippen molar-refractivity contribution in [2.75, 3.05) is 38.1 Å². The molecule has 1 N–H and O–H groups in total. The number of H-pyrrole nitrogens is 1. The lowest BCUT2D eigenvalue weighted by Gasteiger charge is -2.29. The highest BCUT2D eigenvalue weighted by Gasteiger charge is 2.15. The number of para-hydroxylation sites is 1. The first kappa shape index (κ1) is 16.1. The third kappa shape index (κ3) is 3.51. The van der Waals surface area contributed by atoms with E-state index in [4.69, 9.17) is 0 Å². The first-order chi connectivity index (χ1) is 12.3. The topological polar surface area (TPSA) is 48.1 Å². The van der Waals surface area contributed by atoms with Crippen LogP contribution in [0.5, 0.6) is 0 Å². The lowest BCUT2D eigenvalue weighted by molar-refractivity contribution is 0.234. The van der Waals surface area contributed by atoms with E-state index in [9.17, 15) is 0 Å². The molecule has 4 rings (SSSR count). The molecule has 0 amide bonds. The molecule has 2 aromatic heterocycles. The predicted molar refractivity (Wildman–Crippen MR) is 103 cm³/mol. The summed E-state index contributed by atoms with van der Waals surface area (Å²) in [5.74, 6) is 0.883. The molecule has 1 aliphatic rings. The molecule has 1 fully saturated rings. The van der Waals surface area contributed by atoms with Crippen LogP contribution >= 0.6 is 0 Å². The van der Waals surface area contributed by atoms with E-state index >= 15 is 0 Å². The average molecular weight is 335 g/mol. The molecule has 5 heteroatoms. The third-order valence-corrected chi connectivity index (χ3v) is 5.03. The number of rotatable bonds is 5. The second-order valence-corrected chi connectivity index (χ2v) is 6.80. The zero-order valence-corrected chi connectivity index (χ0v) is 14.8. The highest BCUT2D eigenvalue weighted by atomic mass is 15.2. The predicted octanol–water partition coefficient (Wildman–Crippen LogP) is 3.55. The largest absolute Gasteiger partial charge is 0.373 e. The van der Waals surface area contributed by atoms with Gasteiger partial charge in [0.05, 0.1) is 5.52 Å². The average Bonchev–Trinajstić information content (AvgIpc) is 3.11. The van der Waals surface area contributed by atoms with Crippen molar-refractivity contribution in [2.45, 2.75) is 19.3 Å². The number of fused-ring (bicyclic) bond motifs is 1. The van der Waals surface area contributed by atoms with E-state index < -0.39 is 0 Å². The zero-order valence-electron chi connectivity index (χ0n) is 14.8. The summed E-state index contributed by atoms with van der Waals surface area (Å²) in [5.41, 5.74) is 4.08. The van der Waals surface area contributed by atoms with Gasteiger partial charge in [0.25, 0.3) is 0 Å². The van der Waals surface area contributed by atoms with E-state index in [0.717, 1.165) is 35.6 Å². The maximum atomic E-state index is 4.67. The molecule has 0 spiro atoms. The minimum atomic E-state index is 0.767. The van der Waals surface area contributed by atoms with E-state index in [0.29, 0.717) is 0 Å². The molecule has 0 atom stereocenters. The van der Waals surface area contributed by atoms with E-state index in [-0.39, 0.29) is 0 Å². The van der Waals surface area contributed by atoms with Gasteiger partial charge in [0.1, 0.15) is 5.82 Å². The molecule has 1 aromatic carbocycles. The molecule has 1 saturated heterocycles. The van der Waals surface area contributed by atoms with Gasteiger partial charge in [-0.3, -0.25) is 0 Å². The van der Waals surface area contributed by atoms with Gasteiger partial charge in [0.15, 0.2) is 5.65 Å². The van der Waals surface area contributed by atoms with E-state index in [1.807, 2.05) is 12.1 Å². The third-order valence-electron chi connectivity index (χ3n) is 5.03. The van der Waals surface area contributed by atoms with Gasteiger partial charge in [-0.15, -0.1) is 0 Å². The number of likely N-dealkylation sites (N-methyl/N-ethyl adjacent to an activating group) is 1. The van der Waals surface area contributed by atoms with Crippen LogP contribution in [0.4, 0.5) is 5.69 Å². The summed E-state index contributed by atoms with van der Waals surface area (Å²) in [5, 5.41) is 0. The van der Waals surface area contributed by atoms with Gasteiger partial charge in [0.2, 0.25) is 0 Å². The highest BCUT2D eigenvalue weighted by molar-refractivity contribution is 5.81. The quantitative estimate of drug-likeness (QED) is 0.775. The zero-order chi connectivity index (χ0) is 17.1. The maximum Gasteiger partial charge on any atom is 0.178 e. The number of imidazole rings is 1. The van der Waals surface area contributed by atoms with Crippen molar-refractivity contribution < 1.29 is 0 Å². The number of benzene rings is 1. The molecular formula is C20H25N5. The number of hydrogen-bond acceptors (Lipinski definition) is 4. The number of anilines is 1. The Kier molecular flexibility index (Phi) is 4.65. The Labute approximate surface area is 148 Å². The fraction of sp³-hybridized carbons (Fsp3) is 0.400.